The Balaban J connectivity index is 1.34. The number of phosphoric acid groups is 2. The number of anilines is 1. The Hall–Kier alpha value is -2.59. The van der Waals surface area contributed by atoms with Crippen LogP contribution < -0.4 is 10.5 Å². The molecule has 1 aromatic carbocycles. The molecule has 3 rings (SSSR count). The van der Waals surface area contributed by atoms with Crippen molar-refractivity contribution in [2.45, 2.75) is 97.3 Å². The number of aromatic nitrogens is 4. The highest BCUT2D eigenvalue weighted by Crippen LogP contribution is 2.67. The fourth-order valence-electron chi connectivity index (χ4n) is 4.50. The van der Waals surface area contributed by atoms with Crippen molar-refractivity contribution in [1.29, 1.82) is 0 Å². The van der Waals surface area contributed by atoms with Crippen molar-refractivity contribution in [2.24, 2.45) is 0 Å². The van der Waals surface area contributed by atoms with Crippen LogP contribution in [0.3, 0.4) is 0 Å². The molecule has 0 radical (unpaired) electrons. The molecule has 18 nitrogen and oxygen atoms in total. The van der Waals surface area contributed by atoms with Gasteiger partial charge >= 0.3 is 29.2 Å². The predicted octanol–water partition coefficient (Wildman–Crippen LogP) is 6.17. The van der Waals surface area contributed by atoms with Crippen molar-refractivity contribution in [2.75, 3.05) is 12.1 Å². The number of hydrogen-bond donors (Lipinski definition) is 4. The van der Waals surface area contributed by atoms with E-state index in [1.165, 1.54) is 75.9 Å². The number of imidazole rings is 1. The third-order valence-electron chi connectivity index (χ3n) is 6.85. The first-order chi connectivity index (χ1) is 23.2. The summed E-state index contributed by atoms with van der Waals surface area (Å²) < 4.78 is 61.3. The Bertz CT molecular complexity index is 1630. The summed E-state index contributed by atoms with van der Waals surface area (Å²) in [6.45, 7) is 3.38. The SMILES string of the molecule is CCCCCCCCCCCC(=O)Oc1ccc(COOP(=O)(O)OP(=O)(O)OP(=O)(O)CO[C@H](C)Cn2cnc3c(N)ncnc32)cc1. The van der Waals surface area contributed by atoms with E-state index >= 15 is 0 Å². The predicted molar refractivity (Wildman–Crippen MR) is 177 cm³/mol. The van der Waals surface area contributed by atoms with Crippen LogP contribution in [0, 0.1) is 0 Å². The lowest BCUT2D eigenvalue weighted by atomic mass is 10.1. The maximum absolute atomic E-state index is 12.4. The highest BCUT2D eigenvalue weighted by atomic mass is 31.3. The minimum Gasteiger partial charge on any atom is -0.427 e. The first-order valence-corrected chi connectivity index (χ1v) is 20.5. The number of nitrogen functional groups attached to an aromatic ring is 1. The van der Waals surface area contributed by atoms with Gasteiger partial charge in [0.15, 0.2) is 11.5 Å². The van der Waals surface area contributed by atoms with Crippen LogP contribution in [-0.2, 0) is 54.6 Å². The summed E-state index contributed by atoms with van der Waals surface area (Å²) in [4.78, 5) is 58.4. The summed E-state index contributed by atoms with van der Waals surface area (Å²) >= 11 is 0. The van der Waals surface area contributed by atoms with Gasteiger partial charge in [-0.3, -0.25) is 9.36 Å². The van der Waals surface area contributed by atoms with E-state index in [1.54, 1.807) is 4.57 Å². The van der Waals surface area contributed by atoms with Gasteiger partial charge in [-0.2, -0.15) is 4.31 Å². The number of rotatable bonds is 24. The van der Waals surface area contributed by atoms with Gasteiger partial charge in [0.25, 0.3) is 0 Å². The topological polar surface area (TPSA) is 254 Å². The fraction of sp³-hybridized carbons (Fsp3) is 0.571. The van der Waals surface area contributed by atoms with Gasteiger partial charge in [0.1, 0.15) is 30.5 Å². The molecule has 3 aromatic rings. The molecule has 0 saturated heterocycles. The van der Waals surface area contributed by atoms with Crippen molar-refractivity contribution >= 4 is 46.2 Å². The van der Waals surface area contributed by atoms with Crippen molar-refractivity contribution < 1.29 is 60.8 Å². The van der Waals surface area contributed by atoms with Crippen LogP contribution in [0.15, 0.2) is 36.9 Å². The molecule has 0 spiro atoms. The van der Waals surface area contributed by atoms with Gasteiger partial charge in [-0.1, -0.05) is 70.4 Å². The normalized spacial score (nSPS) is 16.1. The Morgan fingerprint density at radius 2 is 1.55 bits per heavy atom. The molecule has 274 valence electrons. The lowest BCUT2D eigenvalue weighted by molar-refractivity contribution is -0.231. The van der Waals surface area contributed by atoms with Crippen molar-refractivity contribution in [3.8, 4) is 5.75 Å². The number of nitrogens with zero attached hydrogens (tertiary/aromatic N) is 4. The number of hydrogen-bond acceptors (Lipinski definition) is 14. The molecular weight excluding hydrogens is 707 g/mol. The molecule has 0 aliphatic carbocycles. The van der Waals surface area contributed by atoms with Gasteiger partial charge in [-0.05, 0) is 31.0 Å². The van der Waals surface area contributed by atoms with Crippen LogP contribution in [0.5, 0.6) is 5.75 Å². The molecule has 2 heterocycles. The molecule has 5 N–H and O–H groups in total. The van der Waals surface area contributed by atoms with E-state index in [9.17, 15) is 33.2 Å². The number of fused-ring (bicyclic) bond motifs is 1. The van der Waals surface area contributed by atoms with Gasteiger partial charge in [-0.15, -0.1) is 4.67 Å². The lowest BCUT2D eigenvalue weighted by Gasteiger charge is -2.20. The zero-order valence-electron chi connectivity index (χ0n) is 27.4. The Morgan fingerprint density at radius 3 is 2.22 bits per heavy atom. The van der Waals surface area contributed by atoms with Crippen LogP contribution in [0.2, 0.25) is 0 Å². The van der Waals surface area contributed by atoms with Gasteiger partial charge in [-0.25, -0.2) is 33.3 Å². The van der Waals surface area contributed by atoms with Crippen LogP contribution >= 0.6 is 23.2 Å². The maximum atomic E-state index is 12.4. The van der Waals surface area contributed by atoms with Crippen LogP contribution in [-0.4, -0.2) is 52.6 Å². The second kappa shape index (κ2) is 19.7. The van der Waals surface area contributed by atoms with Crippen molar-refractivity contribution in [3.63, 3.8) is 0 Å². The summed E-state index contributed by atoms with van der Waals surface area (Å²) in [7, 11) is -16.1. The number of nitrogens with two attached hydrogens (primary N) is 1. The Kier molecular flexibility index (Phi) is 16.4. The monoisotopic (exact) mass is 751 g/mol. The van der Waals surface area contributed by atoms with Crippen LogP contribution in [0.1, 0.15) is 83.6 Å². The van der Waals surface area contributed by atoms with E-state index in [4.69, 9.17) is 15.2 Å². The molecule has 4 atom stereocenters. The lowest BCUT2D eigenvalue weighted by Crippen LogP contribution is -2.17. The third-order valence-corrected chi connectivity index (χ3v) is 11.1. The zero-order valence-corrected chi connectivity index (χ0v) is 30.0. The molecule has 2 aromatic heterocycles. The van der Waals surface area contributed by atoms with Gasteiger partial charge in [0, 0.05) is 6.42 Å². The molecule has 0 bridgehead atoms. The Labute approximate surface area is 284 Å². The van der Waals surface area contributed by atoms with E-state index in [-0.39, 0.29) is 18.3 Å². The highest BCUT2D eigenvalue weighted by molar-refractivity contribution is 7.68. The van der Waals surface area contributed by atoms with E-state index < -0.39 is 42.3 Å². The summed E-state index contributed by atoms with van der Waals surface area (Å²) in [5, 5.41) is 0. The molecule has 0 saturated carbocycles. The first kappa shape index (κ1) is 40.8. The second-order valence-electron chi connectivity index (χ2n) is 11.2. The average molecular weight is 752 g/mol. The van der Waals surface area contributed by atoms with E-state index in [0.29, 0.717) is 28.9 Å². The summed E-state index contributed by atoms with van der Waals surface area (Å²) in [6, 6.07) is 5.97. The molecule has 0 amide bonds. The molecule has 0 fully saturated rings. The van der Waals surface area contributed by atoms with E-state index in [1.807, 2.05) is 0 Å². The minimum atomic E-state index is -5.65. The molecule has 21 heteroatoms. The number of benzene rings is 1. The summed E-state index contributed by atoms with van der Waals surface area (Å²) in [6.07, 6.45) is 11.3. The second-order valence-corrected chi connectivity index (χ2v) is 16.1. The Morgan fingerprint density at radius 1 is 0.898 bits per heavy atom. The molecule has 3 unspecified atom stereocenters. The average Bonchev–Trinajstić information content (AvgIpc) is 3.42. The van der Waals surface area contributed by atoms with Crippen molar-refractivity contribution in [1.82, 2.24) is 19.5 Å². The standard InChI is InChI=1S/C28H44N5O13P3/c1-3-4-5-6-7-8-9-10-11-12-25(34)43-24-15-13-23(14-16-24)18-42-44-48(37,38)46-49(39,40)45-47(35,36)21-41-22(2)17-33-20-32-26-27(29)30-19-31-28(26)33/h13-16,19-20,22H,3-12,17-18,21H2,1-2H3,(H,35,36)(H,37,38)(H,39,40)(H2,29,30,31)/t22-/m1/s1. The molecule has 0 aliphatic rings. The fourth-order valence-corrected chi connectivity index (χ4v) is 8.15. The highest BCUT2D eigenvalue weighted by Gasteiger charge is 2.42. The van der Waals surface area contributed by atoms with Gasteiger partial charge in [0.2, 0.25) is 0 Å². The van der Waals surface area contributed by atoms with Gasteiger partial charge in [0.05, 0.1) is 19.0 Å². The van der Waals surface area contributed by atoms with E-state index in [0.717, 1.165) is 25.7 Å². The number of esters is 1. The quantitative estimate of drug-likeness (QED) is 0.0199. The first-order valence-electron chi connectivity index (χ1n) is 15.7. The number of carbonyl (C=O) groups is 1. The third kappa shape index (κ3) is 15.5. The zero-order chi connectivity index (χ0) is 35.9. The smallest absolute Gasteiger partial charge is 0.427 e. The molecule has 49 heavy (non-hydrogen) atoms. The van der Waals surface area contributed by atoms with Gasteiger partial charge < -0.3 is 34.5 Å². The maximum Gasteiger partial charge on any atom is 0.508 e. The minimum absolute atomic E-state index is 0.0878. The van der Waals surface area contributed by atoms with E-state index in [2.05, 4.69) is 40.1 Å². The molecular formula is C28H44N5O13P3. The number of unbranched alkanes of at least 4 members (excludes halogenated alkanes) is 8. The number of carbonyl (C=O) groups excluding carboxylic acids is 1. The number of ether oxygens (including phenoxy) is 2. The van der Waals surface area contributed by atoms with Crippen molar-refractivity contribution in [3.05, 3.63) is 42.5 Å². The largest absolute Gasteiger partial charge is 0.508 e. The van der Waals surface area contributed by atoms with Crippen LogP contribution in [0.4, 0.5) is 5.82 Å². The van der Waals surface area contributed by atoms with Crippen LogP contribution in [0.25, 0.3) is 11.2 Å². The summed E-state index contributed by atoms with van der Waals surface area (Å²) in [5.41, 5.74) is 6.89. The summed E-state index contributed by atoms with van der Waals surface area (Å²) in [5.74, 6) is 0.0944. The molecule has 0 aliphatic heterocycles.